The van der Waals surface area contributed by atoms with Gasteiger partial charge in [-0.25, -0.2) is 0 Å². The van der Waals surface area contributed by atoms with Gasteiger partial charge in [-0.2, -0.15) is 13.2 Å². The molecule has 2 aromatic carbocycles. The van der Waals surface area contributed by atoms with Gasteiger partial charge in [0, 0.05) is 5.69 Å². The normalized spacial score (nSPS) is 10.8. The van der Waals surface area contributed by atoms with E-state index in [9.17, 15) is 18.0 Å². The number of anilines is 1. The van der Waals surface area contributed by atoms with Gasteiger partial charge in [0.2, 0.25) is 0 Å². The monoisotopic (exact) mass is 365 g/mol. The van der Waals surface area contributed by atoms with Gasteiger partial charge in [0.15, 0.2) is 0 Å². The predicted molar refractivity (Wildman–Crippen MR) is 93.2 cm³/mol. The molecule has 138 valence electrons. The maximum absolute atomic E-state index is 12.7. The third-order valence-electron chi connectivity index (χ3n) is 3.43. The summed E-state index contributed by atoms with van der Waals surface area (Å²) in [5.74, 6) is 0.230. The molecule has 3 N–H and O–H groups in total. The minimum atomic E-state index is -4.43. The molecular formula is C18H18F3N3O2. The van der Waals surface area contributed by atoms with Gasteiger partial charge >= 0.3 is 6.18 Å². The first-order chi connectivity index (χ1) is 12.3. The third kappa shape index (κ3) is 5.44. The maximum Gasteiger partial charge on any atom is 0.416 e. The summed E-state index contributed by atoms with van der Waals surface area (Å²) in [6.45, 7) is 3.59. The van der Waals surface area contributed by atoms with Gasteiger partial charge in [-0.15, -0.1) is 0 Å². The zero-order chi connectivity index (χ0) is 19.2. The zero-order valence-corrected chi connectivity index (χ0v) is 14.0. The van der Waals surface area contributed by atoms with E-state index in [-0.39, 0.29) is 12.2 Å². The highest BCUT2D eigenvalue weighted by Gasteiger charge is 2.30. The molecule has 26 heavy (non-hydrogen) atoms. The van der Waals surface area contributed by atoms with Gasteiger partial charge in [0.05, 0.1) is 24.9 Å². The van der Waals surface area contributed by atoms with Crippen molar-refractivity contribution in [3.8, 4) is 5.75 Å². The molecule has 8 heteroatoms. The molecule has 0 heterocycles. The first kappa shape index (κ1) is 19.2. The largest absolute Gasteiger partial charge is 0.497 e. The molecule has 0 saturated heterocycles. The summed E-state index contributed by atoms with van der Waals surface area (Å²) in [6, 6.07) is 11.7. The second-order valence-electron chi connectivity index (χ2n) is 5.31. The van der Waals surface area contributed by atoms with E-state index in [1.165, 1.54) is 12.1 Å². The molecule has 0 spiro atoms. The average molecular weight is 365 g/mol. The van der Waals surface area contributed by atoms with Crippen LogP contribution in [0.15, 0.2) is 55.1 Å². The lowest BCUT2D eigenvalue weighted by Gasteiger charge is -2.13. The summed E-state index contributed by atoms with van der Waals surface area (Å²) in [5.41, 5.74) is 5.69. The standard InChI is InChI=1S/C18H18F3N3O2/c1-12(13-6-8-16(26-2)9-7-13)23-24-17(25)11-22-15-5-3-4-14(10-15)18(19,20)21/h3-10,22-23H,1,11H2,2H3,(H,24,25). The second kappa shape index (κ2) is 8.28. The van der Waals surface area contributed by atoms with Crippen molar-refractivity contribution in [2.24, 2.45) is 0 Å². The molecule has 0 saturated carbocycles. The van der Waals surface area contributed by atoms with E-state index >= 15 is 0 Å². The Bertz CT molecular complexity index is 774. The summed E-state index contributed by atoms with van der Waals surface area (Å²) in [5, 5.41) is 2.64. The number of methoxy groups -OCH3 is 1. The van der Waals surface area contributed by atoms with E-state index in [0.717, 1.165) is 17.7 Å². The van der Waals surface area contributed by atoms with Crippen LogP contribution in [0, 0.1) is 0 Å². The maximum atomic E-state index is 12.7. The summed E-state index contributed by atoms with van der Waals surface area (Å²) in [6.07, 6.45) is -4.43. The number of hydrazine groups is 1. The lowest BCUT2D eigenvalue weighted by molar-refractivity contribution is -0.137. The Morgan fingerprint density at radius 3 is 2.42 bits per heavy atom. The van der Waals surface area contributed by atoms with Gasteiger partial charge < -0.3 is 10.1 Å². The van der Waals surface area contributed by atoms with Crippen molar-refractivity contribution in [1.29, 1.82) is 0 Å². The van der Waals surface area contributed by atoms with Crippen molar-refractivity contribution < 1.29 is 22.7 Å². The second-order valence-corrected chi connectivity index (χ2v) is 5.31. The minimum absolute atomic E-state index is 0.198. The number of hydrogen-bond acceptors (Lipinski definition) is 4. The summed E-state index contributed by atoms with van der Waals surface area (Å²) >= 11 is 0. The Hall–Kier alpha value is -3.16. The summed E-state index contributed by atoms with van der Waals surface area (Å²) < 4.78 is 43.0. The van der Waals surface area contributed by atoms with Gasteiger partial charge in [-0.05, 0) is 48.0 Å². The number of amides is 1. The fourth-order valence-corrected chi connectivity index (χ4v) is 2.04. The van der Waals surface area contributed by atoms with Crippen LogP contribution in [0.4, 0.5) is 18.9 Å². The summed E-state index contributed by atoms with van der Waals surface area (Å²) in [4.78, 5) is 11.8. The quantitative estimate of drug-likeness (QED) is 0.658. The molecule has 0 radical (unpaired) electrons. The number of carbonyl (C=O) groups is 1. The number of ether oxygens (including phenoxy) is 1. The molecule has 0 atom stereocenters. The minimum Gasteiger partial charge on any atom is -0.497 e. The smallest absolute Gasteiger partial charge is 0.416 e. The molecule has 5 nitrogen and oxygen atoms in total. The lowest BCUT2D eigenvalue weighted by Crippen LogP contribution is -2.39. The van der Waals surface area contributed by atoms with Crippen molar-refractivity contribution in [3.63, 3.8) is 0 Å². The number of rotatable bonds is 7. The van der Waals surface area contributed by atoms with Crippen LogP contribution in [-0.2, 0) is 11.0 Å². The number of alkyl halides is 3. The molecule has 2 aromatic rings. The van der Waals surface area contributed by atoms with E-state index in [1.807, 2.05) is 0 Å². The number of halogens is 3. The molecule has 2 rings (SSSR count). The van der Waals surface area contributed by atoms with E-state index < -0.39 is 17.6 Å². The van der Waals surface area contributed by atoms with Crippen molar-refractivity contribution in [1.82, 2.24) is 10.9 Å². The van der Waals surface area contributed by atoms with Crippen LogP contribution in [0.5, 0.6) is 5.75 Å². The third-order valence-corrected chi connectivity index (χ3v) is 3.43. The topological polar surface area (TPSA) is 62.4 Å². The highest BCUT2D eigenvalue weighted by molar-refractivity contribution is 5.81. The highest BCUT2D eigenvalue weighted by atomic mass is 19.4. The fourth-order valence-electron chi connectivity index (χ4n) is 2.04. The lowest BCUT2D eigenvalue weighted by atomic mass is 10.2. The van der Waals surface area contributed by atoms with Gasteiger partial charge in [-0.1, -0.05) is 12.6 Å². The van der Waals surface area contributed by atoms with Crippen LogP contribution in [0.25, 0.3) is 5.70 Å². The average Bonchev–Trinajstić information content (AvgIpc) is 2.64. The van der Waals surface area contributed by atoms with Crippen molar-refractivity contribution >= 4 is 17.3 Å². The number of benzene rings is 2. The predicted octanol–water partition coefficient (Wildman–Crippen LogP) is 3.42. The van der Waals surface area contributed by atoms with Crippen LogP contribution in [-0.4, -0.2) is 19.6 Å². The molecule has 0 aliphatic carbocycles. The Balaban J connectivity index is 1.82. The van der Waals surface area contributed by atoms with Crippen LogP contribution in [0.1, 0.15) is 11.1 Å². The number of carbonyl (C=O) groups excluding carboxylic acids is 1. The van der Waals surface area contributed by atoms with Crippen LogP contribution < -0.4 is 20.9 Å². The molecule has 0 aliphatic rings. The van der Waals surface area contributed by atoms with E-state index in [0.29, 0.717) is 11.4 Å². The van der Waals surface area contributed by atoms with Crippen molar-refractivity contribution in [2.45, 2.75) is 6.18 Å². The van der Waals surface area contributed by atoms with Gasteiger partial charge in [-0.3, -0.25) is 15.6 Å². The first-order valence-corrected chi connectivity index (χ1v) is 7.59. The summed E-state index contributed by atoms with van der Waals surface area (Å²) in [7, 11) is 1.56. The number of nitrogens with one attached hydrogen (secondary N) is 3. The molecular weight excluding hydrogens is 347 g/mol. The molecule has 0 aliphatic heterocycles. The van der Waals surface area contributed by atoms with Gasteiger partial charge in [0.25, 0.3) is 5.91 Å². The Morgan fingerprint density at radius 1 is 1.12 bits per heavy atom. The molecule has 0 fully saturated rings. The van der Waals surface area contributed by atoms with Crippen LogP contribution in [0.3, 0.4) is 0 Å². The molecule has 0 unspecified atom stereocenters. The molecule has 0 bridgehead atoms. The first-order valence-electron chi connectivity index (χ1n) is 7.59. The van der Waals surface area contributed by atoms with Crippen molar-refractivity contribution in [3.05, 3.63) is 66.2 Å². The highest BCUT2D eigenvalue weighted by Crippen LogP contribution is 2.30. The number of hydrogen-bond donors (Lipinski definition) is 3. The Kier molecular flexibility index (Phi) is 6.11. The fraction of sp³-hybridized carbons (Fsp3) is 0.167. The SMILES string of the molecule is C=C(NNC(=O)CNc1cccc(C(F)(F)F)c1)c1ccc(OC)cc1. The van der Waals surface area contributed by atoms with E-state index in [4.69, 9.17) is 4.74 Å². The van der Waals surface area contributed by atoms with E-state index in [1.54, 1.807) is 31.4 Å². The molecule has 1 amide bonds. The van der Waals surface area contributed by atoms with Crippen molar-refractivity contribution in [2.75, 3.05) is 19.0 Å². The Labute approximate surface area is 148 Å². The van der Waals surface area contributed by atoms with Crippen LogP contribution >= 0.6 is 0 Å². The van der Waals surface area contributed by atoms with E-state index in [2.05, 4.69) is 22.7 Å². The Morgan fingerprint density at radius 2 is 1.81 bits per heavy atom. The zero-order valence-electron chi connectivity index (χ0n) is 14.0. The van der Waals surface area contributed by atoms with Gasteiger partial charge in [0.1, 0.15) is 5.75 Å². The molecule has 0 aromatic heterocycles. The van der Waals surface area contributed by atoms with Crippen LogP contribution in [0.2, 0.25) is 0 Å².